The lowest BCUT2D eigenvalue weighted by molar-refractivity contribution is 0.585. The predicted octanol–water partition coefficient (Wildman–Crippen LogP) is 2.75. The number of hydrogen-bond acceptors (Lipinski definition) is 5. The number of anilines is 1. The summed E-state index contributed by atoms with van der Waals surface area (Å²) in [4.78, 5) is 15.8. The Balaban J connectivity index is 1.81. The van der Waals surface area contributed by atoms with Gasteiger partial charge in [-0.15, -0.1) is 0 Å². The van der Waals surface area contributed by atoms with Gasteiger partial charge in [0, 0.05) is 55.8 Å². The number of nitrogens with one attached hydrogen (secondary N) is 1. The Bertz CT molecular complexity index is 845. The van der Waals surface area contributed by atoms with Gasteiger partial charge in [0.15, 0.2) is 5.82 Å². The maximum atomic E-state index is 13.3. The zero-order chi connectivity index (χ0) is 17.1. The number of piperazine rings is 1. The molecule has 25 heavy (non-hydrogen) atoms. The minimum absolute atomic E-state index is 0.269. The summed E-state index contributed by atoms with van der Waals surface area (Å²) in [6.45, 7) is 3.65. The van der Waals surface area contributed by atoms with Crippen LogP contribution in [0.4, 0.5) is 10.2 Å². The summed E-state index contributed by atoms with van der Waals surface area (Å²) in [6.07, 6.45) is 3.53. The molecule has 1 aliphatic heterocycles. The van der Waals surface area contributed by atoms with Gasteiger partial charge >= 0.3 is 0 Å². The largest absolute Gasteiger partial charge is 0.354 e. The van der Waals surface area contributed by atoms with E-state index in [1.807, 2.05) is 18.2 Å². The number of aromatic nitrogens is 3. The molecule has 0 atom stereocenters. The molecule has 0 amide bonds. The van der Waals surface area contributed by atoms with Crippen molar-refractivity contribution in [1.29, 1.82) is 0 Å². The van der Waals surface area contributed by atoms with Crippen LogP contribution in [0.15, 0.2) is 54.9 Å². The standard InChI is InChI=1S/C19H18FN5/c20-16-5-3-14(4-6-16)19-23-17(15-2-1-7-22-13-15)12-18(24-19)25-10-8-21-9-11-25/h1-7,12-13,21H,8-11H2. The van der Waals surface area contributed by atoms with Crippen LogP contribution in [0.2, 0.25) is 0 Å². The number of benzene rings is 1. The van der Waals surface area contributed by atoms with E-state index < -0.39 is 0 Å². The molecule has 1 fully saturated rings. The van der Waals surface area contributed by atoms with Gasteiger partial charge in [-0.05, 0) is 36.4 Å². The molecule has 0 radical (unpaired) electrons. The first-order valence-corrected chi connectivity index (χ1v) is 8.31. The summed E-state index contributed by atoms with van der Waals surface area (Å²) in [5.74, 6) is 1.21. The van der Waals surface area contributed by atoms with Crippen LogP contribution in [0.3, 0.4) is 0 Å². The Morgan fingerprint density at radius 1 is 0.960 bits per heavy atom. The maximum absolute atomic E-state index is 13.3. The molecular formula is C19H18FN5. The van der Waals surface area contributed by atoms with Crippen molar-refractivity contribution >= 4 is 5.82 Å². The van der Waals surface area contributed by atoms with Gasteiger partial charge in [-0.1, -0.05) is 0 Å². The SMILES string of the molecule is Fc1ccc(-c2nc(-c3cccnc3)cc(N3CCNCC3)n2)cc1. The summed E-state index contributed by atoms with van der Waals surface area (Å²) < 4.78 is 13.3. The lowest BCUT2D eigenvalue weighted by Crippen LogP contribution is -2.44. The second kappa shape index (κ2) is 6.94. The van der Waals surface area contributed by atoms with E-state index in [9.17, 15) is 4.39 Å². The molecule has 0 spiro atoms. The second-order valence-corrected chi connectivity index (χ2v) is 5.92. The van der Waals surface area contributed by atoms with Gasteiger partial charge in [0.25, 0.3) is 0 Å². The van der Waals surface area contributed by atoms with E-state index in [-0.39, 0.29) is 5.82 Å². The highest BCUT2D eigenvalue weighted by Gasteiger charge is 2.16. The maximum Gasteiger partial charge on any atom is 0.162 e. The van der Waals surface area contributed by atoms with E-state index in [4.69, 9.17) is 4.98 Å². The molecule has 0 saturated carbocycles. The highest BCUT2D eigenvalue weighted by Crippen LogP contribution is 2.26. The molecule has 0 aliphatic carbocycles. The van der Waals surface area contributed by atoms with Crippen molar-refractivity contribution in [1.82, 2.24) is 20.3 Å². The predicted molar refractivity (Wildman–Crippen MR) is 95.7 cm³/mol. The van der Waals surface area contributed by atoms with Crippen LogP contribution in [-0.2, 0) is 0 Å². The molecule has 1 aromatic carbocycles. The van der Waals surface area contributed by atoms with Crippen molar-refractivity contribution < 1.29 is 4.39 Å². The molecule has 1 saturated heterocycles. The Kier molecular flexibility index (Phi) is 4.35. The number of halogens is 1. The van der Waals surface area contributed by atoms with E-state index in [1.54, 1.807) is 24.5 Å². The first-order chi connectivity index (χ1) is 12.3. The quantitative estimate of drug-likeness (QED) is 0.798. The van der Waals surface area contributed by atoms with Crippen molar-refractivity contribution in [3.8, 4) is 22.6 Å². The van der Waals surface area contributed by atoms with E-state index >= 15 is 0 Å². The Morgan fingerprint density at radius 3 is 2.48 bits per heavy atom. The summed E-state index contributed by atoms with van der Waals surface area (Å²) in [7, 11) is 0. The average Bonchev–Trinajstić information content (AvgIpc) is 2.69. The van der Waals surface area contributed by atoms with Gasteiger partial charge in [0.1, 0.15) is 11.6 Å². The van der Waals surface area contributed by atoms with Gasteiger partial charge < -0.3 is 10.2 Å². The third-order valence-corrected chi connectivity index (χ3v) is 4.21. The van der Waals surface area contributed by atoms with Gasteiger partial charge in [0.05, 0.1) is 5.69 Å². The number of rotatable bonds is 3. The van der Waals surface area contributed by atoms with Gasteiger partial charge in [-0.25, -0.2) is 14.4 Å². The van der Waals surface area contributed by atoms with Gasteiger partial charge in [-0.3, -0.25) is 4.98 Å². The summed E-state index contributed by atoms with van der Waals surface area (Å²) in [5.41, 5.74) is 2.55. The molecule has 4 rings (SSSR count). The fourth-order valence-electron chi connectivity index (χ4n) is 2.88. The van der Waals surface area contributed by atoms with Crippen molar-refractivity contribution in [3.63, 3.8) is 0 Å². The molecular weight excluding hydrogens is 317 g/mol. The zero-order valence-electron chi connectivity index (χ0n) is 13.7. The molecule has 3 heterocycles. The fraction of sp³-hybridized carbons (Fsp3) is 0.211. The van der Waals surface area contributed by atoms with Gasteiger partial charge in [0.2, 0.25) is 0 Å². The lowest BCUT2D eigenvalue weighted by Gasteiger charge is -2.28. The van der Waals surface area contributed by atoms with Crippen molar-refractivity contribution in [2.24, 2.45) is 0 Å². The van der Waals surface area contributed by atoms with E-state index in [2.05, 4.69) is 20.2 Å². The van der Waals surface area contributed by atoms with Gasteiger partial charge in [-0.2, -0.15) is 0 Å². The molecule has 1 aliphatic rings. The smallest absolute Gasteiger partial charge is 0.162 e. The van der Waals surface area contributed by atoms with Crippen LogP contribution in [0.1, 0.15) is 0 Å². The first-order valence-electron chi connectivity index (χ1n) is 8.31. The monoisotopic (exact) mass is 335 g/mol. The number of nitrogens with zero attached hydrogens (tertiary/aromatic N) is 4. The summed E-state index contributed by atoms with van der Waals surface area (Å²) in [5, 5.41) is 3.35. The van der Waals surface area contributed by atoms with Crippen molar-refractivity contribution in [2.75, 3.05) is 31.1 Å². The van der Waals surface area contributed by atoms with Crippen molar-refractivity contribution in [3.05, 3.63) is 60.7 Å². The molecule has 5 nitrogen and oxygen atoms in total. The fourth-order valence-corrected chi connectivity index (χ4v) is 2.88. The normalized spacial score (nSPS) is 14.5. The molecule has 1 N–H and O–H groups in total. The average molecular weight is 335 g/mol. The van der Waals surface area contributed by atoms with E-state index in [1.165, 1.54) is 12.1 Å². The second-order valence-electron chi connectivity index (χ2n) is 5.92. The summed E-state index contributed by atoms with van der Waals surface area (Å²) in [6, 6.07) is 12.1. The molecule has 0 unspecified atom stereocenters. The Labute approximate surface area is 145 Å². The van der Waals surface area contributed by atoms with Crippen LogP contribution in [0, 0.1) is 5.82 Å². The van der Waals surface area contributed by atoms with Crippen LogP contribution < -0.4 is 10.2 Å². The molecule has 3 aromatic rings. The molecule has 6 heteroatoms. The third-order valence-electron chi connectivity index (χ3n) is 4.21. The van der Waals surface area contributed by atoms with E-state index in [0.29, 0.717) is 5.82 Å². The minimum Gasteiger partial charge on any atom is -0.354 e. The zero-order valence-corrected chi connectivity index (χ0v) is 13.7. The Hall–Kier alpha value is -2.86. The minimum atomic E-state index is -0.269. The number of pyridine rings is 1. The molecule has 2 aromatic heterocycles. The van der Waals surface area contributed by atoms with Crippen LogP contribution in [0.5, 0.6) is 0 Å². The topological polar surface area (TPSA) is 53.9 Å². The van der Waals surface area contributed by atoms with Crippen LogP contribution in [0.25, 0.3) is 22.6 Å². The third kappa shape index (κ3) is 3.49. The molecule has 0 bridgehead atoms. The Morgan fingerprint density at radius 2 is 1.76 bits per heavy atom. The summed E-state index contributed by atoms with van der Waals surface area (Å²) >= 11 is 0. The lowest BCUT2D eigenvalue weighted by atomic mass is 10.1. The number of hydrogen-bond donors (Lipinski definition) is 1. The molecule has 126 valence electrons. The highest BCUT2D eigenvalue weighted by atomic mass is 19.1. The van der Waals surface area contributed by atoms with E-state index in [0.717, 1.165) is 48.8 Å². The van der Waals surface area contributed by atoms with Crippen LogP contribution in [-0.4, -0.2) is 41.1 Å². The highest BCUT2D eigenvalue weighted by molar-refractivity contribution is 5.67. The van der Waals surface area contributed by atoms with Crippen molar-refractivity contribution in [2.45, 2.75) is 0 Å². The van der Waals surface area contributed by atoms with Crippen LogP contribution >= 0.6 is 0 Å². The first kappa shape index (κ1) is 15.7.